The summed E-state index contributed by atoms with van der Waals surface area (Å²) in [6.45, 7) is 14.1. The first-order chi connectivity index (χ1) is 15.4. The minimum Gasteiger partial charge on any atom is -0.507 e. The van der Waals surface area contributed by atoms with Crippen LogP contribution in [0, 0.1) is 0 Å². The Labute approximate surface area is 201 Å². The van der Waals surface area contributed by atoms with Crippen molar-refractivity contribution in [2.45, 2.75) is 65.0 Å². The lowest BCUT2D eigenvalue weighted by Crippen LogP contribution is -2.38. The molecule has 0 aliphatic heterocycles. The maximum atomic E-state index is 11.0. The molecule has 2 N–H and O–H groups in total. The van der Waals surface area contributed by atoms with Gasteiger partial charge in [-0.15, -0.1) is 0 Å². The molecule has 180 valence electrons. The molecule has 0 spiro atoms. The highest BCUT2D eigenvalue weighted by molar-refractivity contribution is 6.31. The molecule has 6 nitrogen and oxygen atoms in total. The van der Waals surface area contributed by atoms with Crippen molar-refractivity contribution < 1.29 is 19.1 Å². The van der Waals surface area contributed by atoms with Gasteiger partial charge < -0.3 is 24.4 Å². The third-order valence-electron chi connectivity index (χ3n) is 5.57. The molecule has 0 fully saturated rings. The van der Waals surface area contributed by atoms with E-state index in [0.29, 0.717) is 42.0 Å². The number of halogens is 1. The Morgan fingerprint density at radius 3 is 2.24 bits per heavy atom. The molecule has 1 aromatic heterocycles. The SMILES string of the molecule is COCC(COc1noc2ccc(Cl)cc12)NCc1cc(C(C)(C)C)c(O)c(C(C)(C)C)c1. The van der Waals surface area contributed by atoms with E-state index in [0.717, 1.165) is 22.1 Å². The van der Waals surface area contributed by atoms with Crippen LogP contribution in [0.5, 0.6) is 11.6 Å². The van der Waals surface area contributed by atoms with Gasteiger partial charge in [0.1, 0.15) is 12.4 Å². The van der Waals surface area contributed by atoms with E-state index in [1.807, 2.05) is 0 Å². The second-order valence-corrected chi connectivity index (χ2v) is 10.9. The van der Waals surface area contributed by atoms with E-state index < -0.39 is 0 Å². The van der Waals surface area contributed by atoms with Gasteiger partial charge in [-0.1, -0.05) is 65.3 Å². The summed E-state index contributed by atoms with van der Waals surface area (Å²) in [7, 11) is 1.66. The van der Waals surface area contributed by atoms with Gasteiger partial charge >= 0.3 is 0 Å². The molecule has 3 aromatic rings. The van der Waals surface area contributed by atoms with Crippen LogP contribution in [0.4, 0.5) is 0 Å². The molecule has 0 aliphatic carbocycles. The predicted molar refractivity (Wildman–Crippen MR) is 133 cm³/mol. The molecule has 33 heavy (non-hydrogen) atoms. The van der Waals surface area contributed by atoms with Gasteiger partial charge in [-0.25, -0.2) is 0 Å². The van der Waals surface area contributed by atoms with Crippen LogP contribution in [-0.2, 0) is 22.1 Å². The number of fused-ring (bicyclic) bond motifs is 1. The first kappa shape index (κ1) is 25.3. The molecular weight excluding hydrogens is 440 g/mol. The van der Waals surface area contributed by atoms with Crippen molar-refractivity contribution in [3.05, 3.63) is 52.0 Å². The number of aromatic nitrogens is 1. The maximum Gasteiger partial charge on any atom is 0.262 e. The van der Waals surface area contributed by atoms with Gasteiger partial charge in [0.05, 0.1) is 18.0 Å². The zero-order chi connectivity index (χ0) is 24.4. The number of methoxy groups -OCH3 is 1. The molecule has 2 aromatic carbocycles. The molecule has 0 saturated carbocycles. The molecule has 0 bridgehead atoms. The fraction of sp³-hybridized carbons (Fsp3) is 0.500. The van der Waals surface area contributed by atoms with Crippen LogP contribution < -0.4 is 10.1 Å². The van der Waals surface area contributed by atoms with Crippen LogP contribution in [0.1, 0.15) is 58.2 Å². The molecule has 1 heterocycles. The van der Waals surface area contributed by atoms with E-state index in [-0.39, 0.29) is 16.9 Å². The van der Waals surface area contributed by atoms with Crippen LogP contribution in [0.15, 0.2) is 34.9 Å². The summed E-state index contributed by atoms with van der Waals surface area (Å²) in [5, 5.41) is 19.8. The number of ether oxygens (including phenoxy) is 2. The molecule has 0 amide bonds. The molecule has 0 saturated heterocycles. The Morgan fingerprint density at radius 2 is 1.67 bits per heavy atom. The third-order valence-corrected chi connectivity index (χ3v) is 5.80. The fourth-order valence-corrected chi connectivity index (χ4v) is 3.91. The summed E-state index contributed by atoms with van der Waals surface area (Å²) in [4.78, 5) is 0. The molecule has 0 radical (unpaired) electrons. The number of benzene rings is 2. The normalized spacial score (nSPS) is 13.5. The second-order valence-electron chi connectivity index (χ2n) is 10.5. The van der Waals surface area contributed by atoms with Gasteiger partial charge in [-0.2, -0.15) is 0 Å². The smallest absolute Gasteiger partial charge is 0.262 e. The van der Waals surface area contributed by atoms with Gasteiger partial charge in [0.25, 0.3) is 5.88 Å². The number of rotatable bonds is 8. The first-order valence-corrected chi connectivity index (χ1v) is 11.5. The second kappa shape index (κ2) is 9.92. The number of phenolic OH excluding ortho intramolecular Hbond substituents is 1. The van der Waals surface area contributed by atoms with E-state index in [1.165, 1.54) is 0 Å². The largest absolute Gasteiger partial charge is 0.507 e. The quantitative estimate of drug-likeness (QED) is 0.419. The average Bonchev–Trinajstić information content (AvgIpc) is 3.11. The van der Waals surface area contributed by atoms with E-state index in [1.54, 1.807) is 25.3 Å². The maximum absolute atomic E-state index is 11.0. The highest BCUT2D eigenvalue weighted by Crippen LogP contribution is 2.39. The summed E-state index contributed by atoms with van der Waals surface area (Å²) in [6.07, 6.45) is 0. The lowest BCUT2D eigenvalue weighted by Gasteiger charge is -2.28. The molecular formula is C26H35ClN2O4. The van der Waals surface area contributed by atoms with Gasteiger partial charge in [-0.3, -0.25) is 0 Å². The van der Waals surface area contributed by atoms with E-state index in [4.69, 9.17) is 25.6 Å². The molecule has 3 rings (SSSR count). The zero-order valence-electron chi connectivity index (χ0n) is 20.6. The summed E-state index contributed by atoms with van der Waals surface area (Å²) < 4.78 is 16.7. The van der Waals surface area contributed by atoms with Crippen LogP contribution >= 0.6 is 11.6 Å². The minimum absolute atomic E-state index is 0.0779. The predicted octanol–water partition coefficient (Wildman–Crippen LogP) is 5.97. The van der Waals surface area contributed by atoms with Crippen molar-refractivity contribution in [2.24, 2.45) is 0 Å². The molecule has 7 heteroatoms. The van der Waals surface area contributed by atoms with Crippen molar-refractivity contribution in [3.63, 3.8) is 0 Å². The standard InChI is InChI=1S/C26H35ClN2O4/c1-25(2,3)20-10-16(11-21(23(20)30)26(4,5)6)13-28-18(14-31-7)15-32-24-19-12-17(27)8-9-22(19)33-29-24/h8-12,18,28,30H,13-15H2,1-7H3. The number of aromatic hydroxyl groups is 1. The summed E-state index contributed by atoms with van der Waals surface area (Å²) in [5.41, 5.74) is 3.26. The van der Waals surface area contributed by atoms with Crippen molar-refractivity contribution in [3.8, 4) is 11.6 Å². The highest BCUT2D eigenvalue weighted by Gasteiger charge is 2.26. The summed E-state index contributed by atoms with van der Waals surface area (Å²) in [6, 6.07) is 9.38. The minimum atomic E-state index is -0.176. The van der Waals surface area contributed by atoms with Crippen molar-refractivity contribution in [1.82, 2.24) is 10.5 Å². The monoisotopic (exact) mass is 474 g/mol. The van der Waals surface area contributed by atoms with E-state index >= 15 is 0 Å². The van der Waals surface area contributed by atoms with Crippen LogP contribution in [-0.4, -0.2) is 36.6 Å². The number of nitrogens with one attached hydrogen (secondary N) is 1. The van der Waals surface area contributed by atoms with Crippen molar-refractivity contribution >= 4 is 22.6 Å². The lowest BCUT2D eigenvalue weighted by molar-refractivity contribution is 0.132. The zero-order valence-corrected chi connectivity index (χ0v) is 21.3. The average molecular weight is 475 g/mol. The van der Waals surface area contributed by atoms with Gasteiger partial charge in [-0.05, 0) is 50.9 Å². The van der Waals surface area contributed by atoms with Crippen LogP contribution in [0.25, 0.3) is 11.0 Å². The fourth-order valence-electron chi connectivity index (χ4n) is 3.74. The van der Waals surface area contributed by atoms with Gasteiger partial charge in [0.2, 0.25) is 0 Å². The molecule has 1 atom stereocenters. The van der Waals surface area contributed by atoms with Crippen molar-refractivity contribution in [1.29, 1.82) is 0 Å². The topological polar surface area (TPSA) is 76.8 Å². The summed E-state index contributed by atoms with van der Waals surface area (Å²) >= 11 is 6.10. The first-order valence-electron chi connectivity index (χ1n) is 11.2. The van der Waals surface area contributed by atoms with Crippen LogP contribution in [0.2, 0.25) is 5.02 Å². The molecule has 1 unspecified atom stereocenters. The Balaban J connectivity index is 1.77. The van der Waals surface area contributed by atoms with Crippen LogP contribution in [0.3, 0.4) is 0 Å². The number of phenols is 1. The Kier molecular flexibility index (Phi) is 7.62. The third kappa shape index (κ3) is 6.19. The van der Waals surface area contributed by atoms with Gasteiger partial charge in [0.15, 0.2) is 5.58 Å². The number of hydrogen-bond acceptors (Lipinski definition) is 6. The highest BCUT2D eigenvalue weighted by atomic mass is 35.5. The number of hydrogen-bond donors (Lipinski definition) is 2. The Hall–Kier alpha value is -2.28. The summed E-state index contributed by atoms with van der Waals surface area (Å²) in [5.74, 6) is 0.789. The van der Waals surface area contributed by atoms with Crippen molar-refractivity contribution in [2.75, 3.05) is 20.3 Å². The Morgan fingerprint density at radius 1 is 1.03 bits per heavy atom. The molecule has 0 aliphatic rings. The Bertz CT molecular complexity index is 1060. The van der Waals surface area contributed by atoms with Gasteiger partial charge in [0, 0.05) is 18.7 Å². The van der Waals surface area contributed by atoms with E-state index in [9.17, 15) is 5.11 Å². The lowest BCUT2D eigenvalue weighted by atomic mass is 9.78. The number of nitrogens with zero attached hydrogens (tertiary/aromatic N) is 1. The van der Waals surface area contributed by atoms with E-state index in [2.05, 4.69) is 64.1 Å².